The van der Waals surface area contributed by atoms with E-state index in [1.807, 2.05) is 32.9 Å². The summed E-state index contributed by atoms with van der Waals surface area (Å²) in [5.41, 5.74) is 4.40. The molecule has 0 aliphatic heterocycles. The molecule has 4 nitrogen and oxygen atoms in total. The minimum absolute atomic E-state index is 0.248. The fraction of sp³-hybridized carbons (Fsp3) is 0.286. The third-order valence-corrected chi connectivity index (χ3v) is 2.78. The van der Waals surface area contributed by atoms with E-state index in [1.165, 1.54) is 5.56 Å². The van der Waals surface area contributed by atoms with Crippen LogP contribution in [0.5, 0.6) is 0 Å². The Bertz CT molecular complexity index is 577. The Morgan fingerprint density at radius 2 is 1.72 bits per heavy atom. The first-order valence-electron chi connectivity index (χ1n) is 5.80. The second-order valence-electron chi connectivity index (χ2n) is 4.55. The fourth-order valence-electron chi connectivity index (χ4n) is 2.03. The molecule has 0 aliphatic carbocycles. The van der Waals surface area contributed by atoms with E-state index in [9.17, 15) is 4.79 Å². The molecule has 1 N–H and O–H groups in total. The Morgan fingerprint density at radius 1 is 1.11 bits per heavy atom. The Morgan fingerprint density at radius 3 is 2.22 bits per heavy atom. The van der Waals surface area contributed by atoms with Gasteiger partial charge in [-0.05, 0) is 38.8 Å². The van der Waals surface area contributed by atoms with E-state index in [-0.39, 0.29) is 5.91 Å². The van der Waals surface area contributed by atoms with Crippen molar-refractivity contribution in [1.82, 2.24) is 5.16 Å². The zero-order chi connectivity index (χ0) is 13.3. The highest BCUT2D eigenvalue weighted by molar-refractivity contribution is 6.03. The van der Waals surface area contributed by atoms with Crippen molar-refractivity contribution in [2.75, 3.05) is 5.32 Å². The lowest BCUT2D eigenvalue weighted by Gasteiger charge is -2.11. The topological polar surface area (TPSA) is 55.1 Å². The Labute approximate surface area is 106 Å². The largest absolute Gasteiger partial charge is 0.361 e. The van der Waals surface area contributed by atoms with Gasteiger partial charge < -0.3 is 9.84 Å². The summed E-state index contributed by atoms with van der Waals surface area (Å²) in [4.78, 5) is 12.0. The second-order valence-corrected chi connectivity index (χ2v) is 4.55. The van der Waals surface area contributed by atoms with Crippen molar-refractivity contribution < 1.29 is 9.32 Å². The first-order valence-corrected chi connectivity index (χ1v) is 5.80. The molecule has 0 fully saturated rings. The molecule has 0 unspecified atom stereocenters. The molecule has 0 atom stereocenters. The maximum absolute atomic E-state index is 12.0. The number of amides is 1. The number of aromatic nitrogens is 1. The number of carbonyl (C=O) groups is 1. The molecule has 0 spiro atoms. The lowest BCUT2D eigenvalue weighted by atomic mass is 10.1. The van der Waals surface area contributed by atoms with E-state index < -0.39 is 0 Å². The number of hydrogen-bond acceptors (Lipinski definition) is 3. The molecule has 0 saturated heterocycles. The molecule has 2 rings (SSSR count). The molecule has 1 heterocycles. The number of nitrogens with zero attached hydrogens (tertiary/aromatic N) is 1. The van der Waals surface area contributed by atoms with Gasteiger partial charge in [0.25, 0.3) is 5.91 Å². The van der Waals surface area contributed by atoms with Crippen LogP contribution in [-0.2, 0) is 0 Å². The van der Waals surface area contributed by atoms with E-state index in [0.29, 0.717) is 11.5 Å². The molecule has 2 aromatic rings. The van der Waals surface area contributed by atoms with Gasteiger partial charge in [-0.1, -0.05) is 22.9 Å². The van der Waals surface area contributed by atoms with Gasteiger partial charge in [-0.25, -0.2) is 0 Å². The highest BCUT2D eigenvalue weighted by Gasteiger charge is 2.13. The van der Waals surface area contributed by atoms with E-state index in [0.717, 1.165) is 16.8 Å². The third-order valence-electron chi connectivity index (χ3n) is 2.78. The normalized spacial score (nSPS) is 10.4. The molecule has 1 aromatic carbocycles. The summed E-state index contributed by atoms with van der Waals surface area (Å²) in [7, 11) is 0. The van der Waals surface area contributed by atoms with Crippen molar-refractivity contribution in [1.29, 1.82) is 0 Å². The zero-order valence-corrected chi connectivity index (χ0v) is 11.0. The summed E-state index contributed by atoms with van der Waals surface area (Å²) in [6.07, 6.45) is 0. The molecule has 94 valence electrons. The van der Waals surface area contributed by atoms with E-state index in [2.05, 4.69) is 10.5 Å². The number of anilines is 1. The van der Waals surface area contributed by atoms with Crippen LogP contribution in [0.25, 0.3) is 0 Å². The van der Waals surface area contributed by atoms with Crippen LogP contribution < -0.4 is 5.32 Å². The summed E-state index contributed by atoms with van der Waals surface area (Å²) in [5, 5.41) is 6.58. The number of carbonyl (C=O) groups excluding carboxylic acids is 1. The van der Waals surface area contributed by atoms with E-state index >= 15 is 0 Å². The van der Waals surface area contributed by atoms with Crippen molar-refractivity contribution >= 4 is 11.6 Å². The summed E-state index contributed by atoms with van der Waals surface area (Å²) < 4.78 is 4.89. The van der Waals surface area contributed by atoms with Crippen LogP contribution in [0.15, 0.2) is 22.7 Å². The van der Waals surface area contributed by atoms with Gasteiger partial charge in [-0.15, -0.1) is 0 Å². The summed E-state index contributed by atoms with van der Waals surface area (Å²) in [6, 6.07) is 5.70. The van der Waals surface area contributed by atoms with Crippen LogP contribution in [-0.4, -0.2) is 11.1 Å². The first-order chi connectivity index (χ1) is 8.47. The first kappa shape index (κ1) is 12.4. The zero-order valence-electron chi connectivity index (χ0n) is 11.0. The van der Waals surface area contributed by atoms with Crippen LogP contribution in [0.2, 0.25) is 0 Å². The Balaban J connectivity index is 2.27. The molecule has 18 heavy (non-hydrogen) atoms. The number of hydrogen-bond donors (Lipinski definition) is 1. The molecular weight excluding hydrogens is 228 g/mol. The summed E-state index contributed by atoms with van der Waals surface area (Å²) in [6.45, 7) is 7.74. The van der Waals surface area contributed by atoms with Gasteiger partial charge in [0.15, 0.2) is 5.69 Å². The van der Waals surface area contributed by atoms with Gasteiger partial charge in [-0.2, -0.15) is 0 Å². The van der Waals surface area contributed by atoms with Crippen LogP contribution in [0, 0.1) is 27.7 Å². The SMILES string of the molecule is Cc1cc(C)c(NC(=O)c2cc(C)on2)c(C)c1. The molecule has 0 aliphatic rings. The van der Waals surface area contributed by atoms with Crippen molar-refractivity contribution in [2.45, 2.75) is 27.7 Å². The lowest BCUT2D eigenvalue weighted by molar-refractivity contribution is 0.101. The molecule has 0 bridgehead atoms. The average molecular weight is 244 g/mol. The number of aryl methyl sites for hydroxylation is 4. The maximum atomic E-state index is 12.0. The minimum atomic E-state index is -0.248. The monoisotopic (exact) mass is 244 g/mol. The molecule has 0 saturated carbocycles. The summed E-state index contributed by atoms with van der Waals surface area (Å²) >= 11 is 0. The number of rotatable bonds is 2. The smallest absolute Gasteiger partial charge is 0.277 e. The van der Waals surface area contributed by atoms with Gasteiger partial charge in [-0.3, -0.25) is 4.79 Å². The molecule has 1 amide bonds. The van der Waals surface area contributed by atoms with Gasteiger partial charge in [0, 0.05) is 11.8 Å². The van der Waals surface area contributed by atoms with E-state index in [1.54, 1.807) is 13.0 Å². The molecule has 4 heteroatoms. The van der Waals surface area contributed by atoms with Gasteiger partial charge in [0.05, 0.1) is 0 Å². The van der Waals surface area contributed by atoms with E-state index in [4.69, 9.17) is 4.52 Å². The van der Waals surface area contributed by atoms with Crippen molar-refractivity contribution in [2.24, 2.45) is 0 Å². The predicted octanol–water partition coefficient (Wildman–Crippen LogP) is 3.16. The standard InChI is InChI=1S/C14H16N2O2/c1-8-5-9(2)13(10(3)6-8)15-14(17)12-7-11(4)18-16-12/h5-7H,1-4H3,(H,15,17). The number of nitrogens with one attached hydrogen (secondary N) is 1. The third kappa shape index (κ3) is 2.42. The minimum Gasteiger partial charge on any atom is -0.361 e. The van der Waals surface area contributed by atoms with Crippen molar-refractivity contribution in [3.05, 3.63) is 46.3 Å². The Kier molecular flexibility index (Phi) is 3.19. The molecule has 1 aromatic heterocycles. The average Bonchev–Trinajstić information content (AvgIpc) is 2.70. The van der Waals surface area contributed by atoms with Crippen LogP contribution in [0.4, 0.5) is 5.69 Å². The quantitative estimate of drug-likeness (QED) is 0.882. The second kappa shape index (κ2) is 4.64. The fourth-order valence-corrected chi connectivity index (χ4v) is 2.03. The Hall–Kier alpha value is -2.10. The summed E-state index contributed by atoms with van der Waals surface area (Å²) in [5.74, 6) is 0.374. The molecule has 0 radical (unpaired) electrons. The lowest BCUT2D eigenvalue weighted by Crippen LogP contribution is -2.14. The van der Waals surface area contributed by atoms with Crippen molar-refractivity contribution in [3.63, 3.8) is 0 Å². The van der Waals surface area contributed by atoms with Crippen LogP contribution in [0.3, 0.4) is 0 Å². The van der Waals surface area contributed by atoms with Gasteiger partial charge in [0.2, 0.25) is 0 Å². The van der Waals surface area contributed by atoms with Crippen LogP contribution >= 0.6 is 0 Å². The highest BCUT2D eigenvalue weighted by Crippen LogP contribution is 2.22. The van der Waals surface area contributed by atoms with Gasteiger partial charge in [0.1, 0.15) is 5.76 Å². The van der Waals surface area contributed by atoms with Crippen molar-refractivity contribution in [3.8, 4) is 0 Å². The molecular formula is C14H16N2O2. The predicted molar refractivity (Wildman–Crippen MR) is 69.8 cm³/mol. The maximum Gasteiger partial charge on any atom is 0.277 e. The van der Waals surface area contributed by atoms with Crippen LogP contribution in [0.1, 0.15) is 32.9 Å². The number of benzene rings is 1. The van der Waals surface area contributed by atoms with Gasteiger partial charge >= 0.3 is 0 Å². The highest BCUT2D eigenvalue weighted by atomic mass is 16.5.